The minimum Gasteiger partial charge on any atom is -0.454 e. The molecule has 1 aliphatic heterocycles. The van der Waals surface area contributed by atoms with Crippen molar-refractivity contribution in [2.75, 3.05) is 6.79 Å². The average molecular weight is 278 g/mol. The quantitative estimate of drug-likeness (QED) is 0.806. The van der Waals surface area contributed by atoms with Gasteiger partial charge in [-0.25, -0.2) is 0 Å². The third-order valence-corrected chi connectivity index (χ3v) is 2.64. The first-order valence-electron chi connectivity index (χ1n) is 6.34. The molecular weight excluding hydrogens is 260 g/mol. The number of hydrogen-bond acceptors (Lipinski definition) is 4. The molecule has 0 aliphatic carbocycles. The Morgan fingerprint density at radius 2 is 1.85 bits per heavy atom. The lowest BCUT2D eigenvalue weighted by atomic mass is 9.92. The van der Waals surface area contributed by atoms with Gasteiger partial charge in [-0.1, -0.05) is 20.8 Å². The van der Waals surface area contributed by atoms with Crippen LogP contribution in [0.4, 0.5) is 0 Å². The Morgan fingerprint density at radius 1 is 1.15 bits per heavy atom. The number of carbonyl (C=O) groups excluding carboxylic acids is 2. The van der Waals surface area contributed by atoms with Crippen LogP contribution in [-0.4, -0.2) is 18.6 Å². The summed E-state index contributed by atoms with van der Waals surface area (Å²) in [5.41, 5.74) is 5.03. The van der Waals surface area contributed by atoms with Gasteiger partial charge in [0.15, 0.2) is 11.5 Å². The molecule has 6 heteroatoms. The number of hydrazine groups is 1. The molecule has 1 aliphatic rings. The molecule has 0 saturated carbocycles. The molecule has 0 aromatic heterocycles. The van der Waals surface area contributed by atoms with Crippen molar-refractivity contribution >= 4 is 11.8 Å². The standard InChI is InChI=1S/C14H18N2O4/c1-14(2,3)7-12(17)15-16-13(18)9-4-5-10-11(6-9)20-8-19-10/h4-6H,7-8H2,1-3H3,(H,15,17)(H,16,18). The molecule has 0 fully saturated rings. The number of ether oxygens (including phenoxy) is 2. The van der Waals surface area contributed by atoms with Gasteiger partial charge in [0.05, 0.1) is 0 Å². The molecule has 1 aromatic rings. The van der Waals surface area contributed by atoms with Gasteiger partial charge in [-0.05, 0) is 23.6 Å². The number of hydrogen-bond donors (Lipinski definition) is 2. The van der Waals surface area contributed by atoms with Crippen molar-refractivity contribution in [3.8, 4) is 11.5 Å². The molecule has 0 bridgehead atoms. The van der Waals surface area contributed by atoms with Crippen LogP contribution >= 0.6 is 0 Å². The largest absolute Gasteiger partial charge is 0.454 e. The highest BCUT2D eigenvalue weighted by atomic mass is 16.7. The Bertz CT molecular complexity index is 534. The van der Waals surface area contributed by atoms with Crippen LogP contribution in [0.25, 0.3) is 0 Å². The van der Waals surface area contributed by atoms with Gasteiger partial charge in [0.1, 0.15) is 0 Å². The van der Waals surface area contributed by atoms with Crippen LogP contribution in [0.1, 0.15) is 37.6 Å². The minimum absolute atomic E-state index is 0.131. The lowest BCUT2D eigenvalue weighted by Gasteiger charge is -2.17. The first kappa shape index (κ1) is 14.2. The van der Waals surface area contributed by atoms with E-state index in [1.54, 1.807) is 18.2 Å². The van der Waals surface area contributed by atoms with Gasteiger partial charge < -0.3 is 9.47 Å². The Labute approximate surface area is 117 Å². The summed E-state index contributed by atoms with van der Waals surface area (Å²) < 4.78 is 10.4. The van der Waals surface area contributed by atoms with E-state index in [4.69, 9.17) is 9.47 Å². The van der Waals surface area contributed by atoms with Crippen LogP contribution in [-0.2, 0) is 4.79 Å². The first-order chi connectivity index (χ1) is 9.35. The van der Waals surface area contributed by atoms with Crippen LogP contribution in [0, 0.1) is 5.41 Å². The zero-order valence-corrected chi connectivity index (χ0v) is 11.8. The van der Waals surface area contributed by atoms with Gasteiger partial charge in [-0.2, -0.15) is 0 Å². The number of nitrogens with one attached hydrogen (secondary N) is 2. The Kier molecular flexibility index (Phi) is 3.83. The average Bonchev–Trinajstić information content (AvgIpc) is 2.80. The fourth-order valence-electron chi connectivity index (χ4n) is 1.76. The maximum Gasteiger partial charge on any atom is 0.269 e. The van der Waals surface area contributed by atoms with Gasteiger partial charge in [-0.15, -0.1) is 0 Å². The zero-order chi connectivity index (χ0) is 14.8. The van der Waals surface area contributed by atoms with Crippen LogP contribution in [0.2, 0.25) is 0 Å². The molecule has 0 radical (unpaired) electrons. The minimum atomic E-state index is -0.398. The molecule has 1 aromatic carbocycles. The molecule has 2 amide bonds. The maximum atomic E-state index is 11.9. The SMILES string of the molecule is CC(C)(C)CC(=O)NNC(=O)c1ccc2c(c1)OCO2. The topological polar surface area (TPSA) is 76.7 Å². The number of amides is 2. The van der Waals surface area contributed by atoms with Crippen molar-refractivity contribution in [3.63, 3.8) is 0 Å². The van der Waals surface area contributed by atoms with Gasteiger partial charge in [0.2, 0.25) is 12.7 Å². The summed E-state index contributed by atoms with van der Waals surface area (Å²) in [5, 5.41) is 0. The predicted molar refractivity (Wildman–Crippen MR) is 72.2 cm³/mol. The highest BCUT2D eigenvalue weighted by Gasteiger charge is 2.18. The van der Waals surface area contributed by atoms with E-state index in [-0.39, 0.29) is 18.1 Å². The predicted octanol–water partition coefficient (Wildman–Crippen LogP) is 1.61. The van der Waals surface area contributed by atoms with Crippen molar-refractivity contribution in [2.45, 2.75) is 27.2 Å². The van der Waals surface area contributed by atoms with Crippen molar-refractivity contribution in [3.05, 3.63) is 23.8 Å². The third kappa shape index (κ3) is 3.63. The summed E-state index contributed by atoms with van der Waals surface area (Å²) >= 11 is 0. The highest BCUT2D eigenvalue weighted by Crippen LogP contribution is 2.32. The molecule has 20 heavy (non-hydrogen) atoms. The van der Waals surface area contributed by atoms with E-state index in [0.29, 0.717) is 23.5 Å². The van der Waals surface area contributed by atoms with Crippen LogP contribution in [0.3, 0.4) is 0 Å². The fourth-order valence-corrected chi connectivity index (χ4v) is 1.76. The third-order valence-electron chi connectivity index (χ3n) is 2.64. The number of rotatable bonds is 2. The van der Waals surface area contributed by atoms with E-state index >= 15 is 0 Å². The monoisotopic (exact) mass is 278 g/mol. The summed E-state index contributed by atoms with van der Waals surface area (Å²) in [6.45, 7) is 6.01. The molecular formula is C14H18N2O4. The summed E-state index contributed by atoms with van der Waals surface area (Å²) in [7, 11) is 0. The second-order valence-corrected chi connectivity index (χ2v) is 5.81. The fraction of sp³-hybridized carbons (Fsp3) is 0.429. The molecule has 0 spiro atoms. The molecule has 2 N–H and O–H groups in total. The van der Waals surface area contributed by atoms with E-state index in [1.165, 1.54) is 0 Å². The van der Waals surface area contributed by atoms with E-state index < -0.39 is 5.91 Å². The Morgan fingerprint density at radius 3 is 2.55 bits per heavy atom. The normalized spacial score (nSPS) is 12.9. The molecule has 0 saturated heterocycles. The smallest absolute Gasteiger partial charge is 0.269 e. The van der Waals surface area contributed by atoms with Gasteiger partial charge in [-0.3, -0.25) is 20.4 Å². The summed E-state index contributed by atoms with van der Waals surface area (Å²) in [6.07, 6.45) is 0.328. The van der Waals surface area contributed by atoms with E-state index in [2.05, 4.69) is 10.9 Å². The second-order valence-electron chi connectivity index (χ2n) is 5.81. The molecule has 108 valence electrons. The van der Waals surface area contributed by atoms with Crippen molar-refractivity contribution in [1.29, 1.82) is 0 Å². The number of carbonyl (C=O) groups is 2. The lowest BCUT2D eigenvalue weighted by Crippen LogP contribution is -2.42. The van der Waals surface area contributed by atoms with Crippen LogP contribution in [0.15, 0.2) is 18.2 Å². The van der Waals surface area contributed by atoms with E-state index in [9.17, 15) is 9.59 Å². The maximum absolute atomic E-state index is 11.9. The zero-order valence-electron chi connectivity index (χ0n) is 11.8. The van der Waals surface area contributed by atoms with Crippen LogP contribution in [0.5, 0.6) is 11.5 Å². The summed E-state index contributed by atoms with van der Waals surface area (Å²) in [6, 6.07) is 4.85. The Hall–Kier alpha value is -2.24. The lowest BCUT2D eigenvalue weighted by molar-refractivity contribution is -0.123. The molecule has 0 unspecified atom stereocenters. The molecule has 6 nitrogen and oxygen atoms in total. The van der Waals surface area contributed by atoms with Crippen molar-refractivity contribution in [1.82, 2.24) is 10.9 Å². The number of fused-ring (bicyclic) bond motifs is 1. The van der Waals surface area contributed by atoms with Gasteiger partial charge >= 0.3 is 0 Å². The molecule has 2 rings (SSSR count). The molecule has 1 heterocycles. The summed E-state index contributed by atoms with van der Waals surface area (Å²) in [5.74, 6) is 0.508. The van der Waals surface area contributed by atoms with E-state index in [1.807, 2.05) is 20.8 Å². The first-order valence-corrected chi connectivity index (χ1v) is 6.34. The van der Waals surface area contributed by atoms with Crippen LogP contribution < -0.4 is 20.3 Å². The highest BCUT2D eigenvalue weighted by molar-refractivity contribution is 5.96. The summed E-state index contributed by atoms with van der Waals surface area (Å²) in [4.78, 5) is 23.5. The number of benzene rings is 1. The van der Waals surface area contributed by atoms with Gasteiger partial charge in [0.25, 0.3) is 5.91 Å². The van der Waals surface area contributed by atoms with Crippen molar-refractivity contribution in [2.24, 2.45) is 5.41 Å². The molecule has 0 atom stereocenters. The van der Waals surface area contributed by atoms with Gasteiger partial charge in [0, 0.05) is 12.0 Å². The Balaban J connectivity index is 1.91. The van der Waals surface area contributed by atoms with E-state index in [0.717, 1.165) is 0 Å². The second kappa shape index (κ2) is 5.40. The van der Waals surface area contributed by atoms with Crippen molar-refractivity contribution < 1.29 is 19.1 Å².